The first-order valence-electron chi connectivity index (χ1n) is 12.0. The number of aryl methyl sites for hydroxylation is 2. The molecule has 0 radical (unpaired) electrons. The number of carbonyl (C=O) groups is 3. The minimum Gasteiger partial charge on any atom is -0.507 e. The van der Waals surface area contributed by atoms with Crippen molar-refractivity contribution in [2.45, 2.75) is 45.1 Å². The molecule has 2 aromatic carbocycles. The van der Waals surface area contributed by atoms with Crippen LogP contribution < -0.4 is 10.5 Å². The third-order valence-electron chi connectivity index (χ3n) is 7.09. The number of hydrogen-bond acceptors (Lipinski definition) is 8. The smallest absolute Gasteiger partial charge is 0.225 e. The standard InChI is InChI=1S/C20H23NO7.C8H10O/c1-9-2-3-13(23)17-12(9)7-10-6-11(4-5-22)20(28,14(24)8-15(21)25)19(27)16(10)18(17)26;1-7-4-3-5-8(6-7)9-2/h2-3,10-11,22-23,26,28H,4-8H2,1H3,(H2,21,25);3-6H,1-2H3/t10-,11-,20-;/m1./s1. The van der Waals surface area contributed by atoms with E-state index in [0.29, 0.717) is 12.0 Å². The van der Waals surface area contributed by atoms with Crippen molar-refractivity contribution >= 4 is 23.2 Å². The number of Topliss-reactive ketones (excluding diaryl/α,β-unsaturated/α-hetero) is 2. The normalized spacial score (nSPS) is 22.4. The Morgan fingerprint density at radius 2 is 1.86 bits per heavy atom. The molecule has 0 aliphatic heterocycles. The summed E-state index contributed by atoms with van der Waals surface area (Å²) < 4.78 is 5.00. The zero-order chi connectivity index (χ0) is 27.5. The molecule has 0 unspecified atom stereocenters. The number of nitrogens with two attached hydrogens (primary N) is 1. The van der Waals surface area contributed by atoms with Crippen molar-refractivity contribution in [2.75, 3.05) is 13.7 Å². The molecule has 2 aliphatic rings. The second-order valence-electron chi connectivity index (χ2n) is 9.55. The van der Waals surface area contributed by atoms with E-state index in [1.165, 1.54) is 11.6 Å². The van der Waals surface area contributed by atoms with Gasteiger partial charge in [0.2, 0.25) is 11.7 Å². The van der Waals surface area contributed by atoms with Crippen LogP contribution in [0.3, 0.4) is 0 Å². The lowest BCUT2D eigenvalue weighted by molar-refractivity contribution is -0.159. The first-order chi connectivity index (χ1) is 17.4. The van der Waals surface area contributed by atoms with Gasteiger partial charge in [0.1, 0.15) is 17.3 Å². The van der Waals surface area contributed by atoms with Crippen molar-refractivity contribution < 1.29 is 39.5 Å². The van der Waals surface area contributed by atoms with Gasteiger partial charge in [-0.2, -0.15) is 0 Å². The summed E-state index contributed by atoms with van der Waals surface area (Å²) in [4.78, 5) is 37.0. The largest absolute Gasteiger partial charge is 0.507 e. The number of aliphatic hydroxyl groups is 3. The highest BCUT2D eigenvalue weighted by molar-refractivity contribution is 6.23. The predicted octanol–water partition coefficient (Wildman–Crippen LogP) is 2.29. The van der Waals surface area contributed by atoms with Crippen LogP contribution in [0.25, 0.3) is 5.76 Å². The third kappa shape index (κ3) is 5.38. The fraction of sp³-hybridized carbons (Fsp3) is 0.393. The van der Waals surface area contributed by atoms with E-state index >= 15 is 0 Å². The van der Waals surface area contributed by atoms with Gasteiger partial charge in [0.25, 0.3) is 0 Å². The molecule has 0 aromatic heterocycles. The van der Waals surface area contributed by atoms with Gasteiger partial charge >= 0.3 is 0 Å². The van der Waals surface area contributed by atoms with Gasteiger partial charge in [-0.05, 0) is 73.9 Å². The van der Waals surface area contributed by atoms with Gasteiger partial charge in [-0.15, -0.1) is 0 Å². The molecule has 0 spiro atoms. The van der Waals surface area contributed by atoms with Crippen molar-refractivity contribution in [3.05, 3.63) is 64.2 Å². The van der Waals surface area contributed by atoms with Crippen molar-refractivity contribution in [1.29, 1.82) is 0 Å². The van der Waals surface area contributed by atoms with Crippen LogP contribution >= 0.6 is 0 Å². The molecule has 3 atom stereocenters. The maximum absolute atomic E-state index is 13.2. The Kier molecular flexibility index (Phi) is 8.40. The van der Waals surface area contributed by atoms with E-state index in [0.717, 1.165) is 11.3 Å². The molecule has 1 fully saturated rings. The van der Waals surface area contributed by atoms with Crippen molar-refractivity contribution in [3.63, 3.8) is 0 Å². The van der Waals surface area contributed by atoms with Gasteiger partial charge in [-0.25, -0.2) is 0 Å². The summed E-state index contributed by atoms with van der Waals surface area (Å²) in [6.45, 7) is 3.50. The van der Waals surface area contributed by atoms with Crippen LogP contribution in [-0.4, -0.2) is 57.2 Å². The lowest BCUT2D eigenvalue weighted by atomic mass is 9.61. The highest BCUT2D eigenvalue weighted by Gasteiger charge is 2.57. The Hall–Kier alpha value is -3.69. The quantitative estimate of drug-likeness (QED) is 0.368. The summed E-state index contributed by atoms with van der Waals surface area (Å²) in [7, 11) is 1.68. The van der Waals surface area contributed by atoms with Gasteiger partial charge in [0, 0.05) is 18.1 Å². The maximum Gasteiger partial charge on any atom is 0.225 e. The van der Waals surface area contributed by atoms with Crippen LogP contribution in [0.2, 0.25) is 0 Å². The number of phenols is 1. The molecule has 0 saturated heterocycles. The number of amides is 1. The molecule has 1 saturated carbocycles. The van der Waals surface area contributed by atoms with Gasteiger partial charge in [0.15, 0.2) is 11.4 Å². The predicted molar refractivity (Wildman–Crippen MR) is 136 cm³/mol. The highest BCUT2D eigenvalue weighted by Crippen LogP contribution is 2.49. The summed E-state index contributed by atoms with van der Waals surface area (Å²) >= 11 is 0. The van der Waals surface area contributed by atoms with Gasteiger partial charge in [-0.3, -0.25) is 14.4 Å². The number of methoxy groups -OCH3 is 1. The van der Waals surface area contributed by atoms with E-state index in [1.807, 2.05) is 38.1 Å². The maximum atomic E-state index is 13.2. The first kappa shape index (κ1) is 27.9. The van der Waals surface area contributed by atoms with Gasteiger partial charge in [0.05, 0.1) is 19.1 Å². The minimum absolute atomic E-state index is 0.0246. The Morgan fingerprint density at radius 3 is 2.43 bits per heavy atom. The van der Waals surface area contributed by atoms with E-state index in [-0.39, 0.29) is 36.3 Å². The number of ketones is 2. The summed E-state index contributed by atoms with van der Waals surface area (Å²) in [5, 5.41) is 41.4. The van der Waals surface area contributed by atoms with Crippen molar-refractivity contribution in [1.82, 2.24) is 0 Å². The van der Waals surface area contributed by atoms with Crippen LogP contribution in [0.4, 0.5) is 0 Å². The first-order valence-corrected chi connectivity index (χ1v) is 12.0. The number of rotatable bonds is 6. The average Bonchev–Trinajstić information content (AvgIpc) is 2.84. The second-order valence-corrected chi connectivity index (χ2v) is 9.55. The van der Waals surface area contributed by atoms with Crippen LogP contribution in [0.5, 0.6) is 11.5 Å². The minimum atomic E-state index is -2.56. The third-order valence-corrected chi connectivity index (χ3v) is 7.09. The fourth-order valence-corrected chi connectivity index (χ4v) is 5.21. The van der Waals surface area contributed by atoms with Crippen LogP contribution in [-0.2, 0) is 20.8 Å². The SMILES string of the molecule is COc1cccc(C)c1.Cc1ccc(O)c2c1C[C@H]1C[C@@H](CCO)[C@@](O)(C(=O)CC(N)=O)C(=O)C1=C2O. The number of aromatic hydroxyl groups is 1. The molecule has 37 heavy (non-hydrogen) atoms. The lowest BCUT2D eigenvalue weighted by Crippen LogP contribution is -2.59. The number of phenolic OH excluding ortho intramolecular Hbond substituents is 1. The Bertz CT molecular complexity index is 1250. The molecule has 2 aromatic rings. The van der Waals surface area contributed by atoms with Crippen molar-refractivity contribution in [2.24, 2.45) is 17.6 Å². The molecule has 2 aliphatic carbocycles. The molecule has 9 nitrogen and oxygen atoms in total. The molecule has 198 valence electrons. The molecule has 1 amide bonds. The summed E-state index contributed by atoms with van der Waals surface area (Å²) in [5.74, 6) is -4.20. The van der Waals surface area contributed by atoms with Crippen LogP contribution in [0.15, 0.2) is 42.0 Å². The van der Waals surface area contributed by atoms with Crippen LogP contribution in [0.1, 0.15) is 41.5 Å². The zero-order valence-corrected chi connectivity index (χ0v) is 21.2. The van der Waals surface area contributed by atoms with Crippen molar-refractivity contribution in [3.8, 4) is 11.5 Å². The topological polar surface area (TPSA) is 167 Å². The summed E-state index contributed by atoms with van der Waals surface area (Å²) in [6, 6.07) is 11.1. The second kappa shape index (κ2) is 11.1. The van der Waals surface area contributed by atoms with E-state index < -0.39 is 47.1 Å². The lowest BCUT2D eigenvalue weighted by Gasteiger charge is -2.43. The molecule has 6 N–H and O–H groups in total. The number of hydrogen-bond donors (Lipinski definition) is 5. The van der Waals surface area contributed by atoms with E-state index in [9.17, 15) is 34.8 Å². The van der Waals surface area contributed by atoms with E-state index in [1.54, 1.807) is 13.2 Å². The van der Waals surface area contributed by atoms with E-state index in [2.05, 4.69) is 0 Å². The molecule has 0 heterocycles. The van der Waals surface area contributed by atoms with Crippen LogP contribution in [0, 0.1) is 25.7 Å². The molecule has 9 heteroatoms. The van der Waals surface area contributed by atoms with E-state index in [4.69, 9.17) is 10.5 Å². The highest BCUT2D eigenvalue weighted by atomic mass is 16.5. The molecular formula is C28H33NO8. The average molecular weight is 512 g/mol. The van der Waals surface area contributed by atoms with Gasteiger partial charge in [-0.1, -0.05) is 18.2 Å². The summed E-state index contributed by atoms with van der Waals surface area (Å²) in [5.41, 5.74) is 5.23. The molecule has 0 bridgehead atoms. The molecule has 4 rings (SSSR count). The number of primary amides is 1. The number of fused-ring (bicyclic) bond motifs is 2. The monoisotopic (exact) mass is 511 g/mol. The Labute approximate surface area is 215 Å². The number of aliphatic hydroxyl groups excluding tert-OH is 2. The summed E-state index contributed by atoms with van der Waals surface area (Å²) in [6.07, 6.45) is -0.364. The fourth-order valence-electron chi connectivity index (χ4n) is 5.21. The Morgan fingerprint density at radius 1 is 1.16 bits per heavy atom. The number of carbonyl (C=O) groups excluding carboxylic acids is 3. The number of benzene rings is 2. The molecular weight excluding hydrogens is 478 g/mol. The Balaban J connectivity index is 0.000000356. The number of ether oxygens (including phenoxy) is 1. The van der Waals surface area contributed by atoms with Gasteiger partial charge < -0.3 is 30.9 Å². The zero-order valence-electron chi connectivity index (χ0n) is 21.2.